The summed E-state index contributed by atoms with van der Waals surface area (Å²) in [6.45, 7) is 12.4. The van der Waals surface area contributed by atoms with E-state index in [1.54, 1.807) is 20.8 Å². The predicted octanol–water partition coefficient (Wildman–Crippen LogP) is 5.29. The highest BCUT2D eigenvalue weighted by Gasteiger charge is 2.25. The van der Waals surface area contributed by atoms with E-state index < -0.39 is 23.7 Å². The molecule has 0 saturated carbocycles. The van der Waals surface area contributed by atoms with Crippen molar-refractivity contribution >= 4 is 23.1 Å². The summed E-state index contributed by atoms with van der Waals surface area (Å²) in [4.78, 5) is 28.7. The predicted molar refractivity (Wildman–Crippen MR) is 133 cm³/mol. The molecule has 1 amide bonds. The summed E-state index contributed by atoms with van der Waals surface area (Å²) in [6.07, 6.45) is -0.158. The molecule has 34 heavy (non-hydrogen) atoms. The number of carbonyl (C=O) groups is 2. The van der Waals surface area contributed by atoms with Crippen LogP contribution in [0.4, 0.5) is 4.79 Å². The molecule has 0 radical (unpaired) electrons. The molecule has 2 aromatic carbocycles. The van der Waals surface area contributed by atoms with E-state index in [0.29, 0.717) is 13.0 Å². The first-order valence-corrected chi connectivity index (χ1v) is 11.6. The van der Waals surface area contributed by atoms with Gasteiger partial charge in [0.05, 0.1) is 11.0 Å². The van der Waals surface area contributed by atoms with Gasteiger partial charge in [0.25, 0.3) is 0 Å². The Hall–Kier alpha value is -3.35. The number of aromatic nitrogens is 2. The van der Waals surface area contributed by atoms with Crippen molar-refractivity contribution in [1.82, 2.24) is 14.9 Å². The molecule has 0 bridgehead atoms. The van der Waals surface area contributed by atoms with Crippen molar-refractivity contribution in [1.29, 1.82) is 0 Å². The Labute approximate surface area is 201 Å². The molecule has 0 spiro atoms. The Bertz CT molecular complexity index is 1150. The maximum atomic E-state index is 12.1. The fourth-order valence-electron chi connectivity index (χ4n) is 3.77. The molecule has 1 aromatic heterocycles. The van der Waals surface area contributed by atoms with Crippen molar-refractivity contribution in [3.8, 4) is 0 Å². The van der Waals surface area contributed by atoms with Gasteiger partial charge in [-0.2, -0.15) is 0 Å². The van der Waals surface area contributed by atoms with Crippen LogP contribution >= 0.6 is 0 Å². The number of aryl methyl sites for hydroxylation is 1. The van der Waals surface area contributed by atoms with Crippen molar-refractivity contribution in [3.63, 3.8) is 0 Å². The summed E-state index contributed by atoms with van der Waals surface area (Å²) in [5.74, 6) is -0.329. The topological polar surface area (TPSA) is 93.5 Å². The van der Waals surface area contributed by atoms with Gasteiger partial charge in [-0.25, -0.2) is 14.6 Å². The highest BCUT2D eigenvalue weighted by Crippen LogP contribution is 2.24. The Morgan fingerprint density at radius 1 is 1.03 bits per heavy atom. The number of benzene rings is 2. The second-order valence-corrected chi connectivity index (χ2v) is 10.6. The minimum atomic E-state index is -1.11. The summed E-state index contributed by atoms with van der Waals surface area (Å²) in [5, 5.41) is 12.1. The number of carbonyl (C=O) groups excluding carboxylic acids is 1. The molecule has 0 saturated heterocycles. The van der Waals surface area contributed by atoms with E-state index in [0.717, 1.165) is 22.4 Å². The van der Waals surface area contributed by atoms with Crippen molar-refractivity contribution < 1.29 is 19.4 Å². The Morgan fingerprint density at radius 2 is 1.68 bits per heavy atom. The molecule has 7 nitrogen and oxygen atoms in total. The lowest BCUT2D eigenvalue weighted by atomic mass is 9.87. The van der Waals surface area contributed by atoms with E-state index >= 15 is 0 Å². The van der Waals surface area contributed by atoms with Gasteiger partial charge < -0.3 is 19.7 Å². The van der Waals surface area contributed by atoms with Crippen LogP contribution in [0.2, 0.25) is 0 Å². The van der Waals surface area contributed by atoms with Crippen LogP contribution in [0, 0.1) is 0 Å². The molecule has 3 aromatic rings. The lowest BCUT2D eigenvalue weighted by molar-refractivity contribution is -0.139. The second-order valence-electron chi connectivity index (χ2n) is 10.6. The maximum Gasteiger partial charge on any atom is 0.408 e. The van der Waals surface area contributed by atoms with Crippen LogP contribution in [0.1, 0.15) is 64.9 Å². The Balaban J connectivity index is 1.81. The van der Waals surface area contributed by atoms with Crippen LogP contribution < -0.4 is 5.32 Å². The van der Waals surface area contributed by atoms with Gasteiger partial charge in [-0.15, -0.1) is 0 Å². The first-order valence-electron chi connectivity index (χ1n) is 11.6. The van der Waals surface area contributed by atoms with Crippen molar-refractivity contribution in [2.75, 3.05) is 0 Å². The zero-order chi connectivity index (χ0) is 25.1. The number of carboxylic acids is 1. The van der Waals surface area contributed by atoms with Crippen LogP contribution in [0.3, 0.4) is 0 Å². The number of carboxylic acid groups (broad SMARTS) is 1. The highest BCUT2D eigenvalue weighted by atomic mass is 16.6. The third-order valence-corrected chi connectivity index (χ3v) is 5.54. The van der Waals surface area contributed by atoms with Crippen molar-refractivity contribution in [2.24, 2.45) is 0 Å². The number of ether oxygens (including phenoxy) is 1. The maximum absolute atomic E-state index is 12.1. The third kappa shape index (κ3) is 6.59. The number of hydrogen-bond donors (Lipinski definition) is 2. The third-order valence-electron chi connectivity index (χ3n) is 5.54. The standard InChI is InChI=1S/C27H35N3O4/c1-26(2,3)19-13-11-18(12-14-19)17-30-22-10-8-7-9-20(22)28-23(30)16-15-21(24(31)32)29-25(33)34-27(4,5)6/h7-14,21H,15-17H2,1-6H3,(H,29,33)(H,31,32)/t21-/m0/s1. The first-order chi connectivity index (χ1) is 15.8. The fraction of sp³-hybridized carbons (Fsp3) is 0.444. The molecule has 1 atom stereocenters. The SMILES string of the molecule is CC(C)(C)OC(=O)N[C@@H](CCc1nc2ccccc2n1Cc1ccc(C(C)(C)C)cc1)C(=O)O. The molecular weight excluding hydrogens is 430 g/mol. The number of aliphatic carboxylic acids is 1. The monoisotopic (exact) mass is 465 g/mol. The van der Waals surface area contributed by atoms with E-state index in [9.17, 15) is 14.7 Å². The summed E-state index contributed by atoms with van der Waals surface area (Å²) in [5.41, 5.74) is 3.63. The number of nitrogens with one attached hydrogen (secondary N) is 1. The quantitative estimate of drug-likeness (QED) is 0.494. The fourth-order valence-corrected chi connectivity index (χ4v) is 3.77. The number of alkyl carbamates (subject to hydrolysis) is 1. The van der Waals surface area contributed by atoms with Crippen molar-refractivity contribution in [2.45, 2.75) is 78.0 Å². The van der Waals surface area contributed by atoms with Gasteiger partial charge >= 0.3 is 12.1 Å². The molecule has 7 heteroatoms. The van der Waals surface area contributed by atoms with Gasteiger partial charge in [0.2, 0.25) is 0 Å². The average Bonchev–Trinajstić information content (AvgIpc) is 3.07. The van der Waals surface area contributed by atoms with Crippen LogP contribution in [-0.4, -0.2) is 38.4 Å². The van der Waals surface area contributed by atoms with Gasteiger partial charge in [0, 0.05) is 13.0 Å². The summed E-state index contributed by atoms with van der Waals surface area (Å²) < 4.78 is 7.34. The van der Waals surface area contributed by atoms with Gasteiger partial charge in [-0.05, 0) is 55.9 Å². The highest BCUT2D eigenvalue weighted by molar-refractivity contribution is 5.80. The van der Waals surface area contributed by atoms with Gasteiger partial charge in [-0.1, -0.05) is 57.2 Å². The molecule has 3 rings (SSSR count). The Kier molecular flexibility index (Phi) is 7.34. The number of hydrogen-bond acceptors (Lipinski definition) is 4. The van der Waals surface area contributed by atoms with Crippen LogP contribution in [0.25, 0.3) is 11.0 Å². The minimum Gasteiger partial charge on any atom is -0.480 e. The number of imidazole rings is 1. The van der Waals surface area contributed by atoms with Crippen molar-refractivity contribution in [3.05, 3.63) is 65.5 Å². The number of fused-ring (bicyclic) bond motifs is 1. The molecule has 0 aliphatic carbocycles. The van der Waals surface area contributed by atoms with Crippen LogP contribution in [-0.2, 0) is 27.9 Å². The van der Waals surface area contributed by atoms with E-state index in [4.69, 9.17) is 9.72 Å². The summed E-state index contributed by atoms with van der Waals surface area (Å²) >= 11 is 0. The molecule has 0 fully saturated rings. The van der Waals surface area contributed by atoms with Crippen LogP contribution in [0.5, 0.6) is 0 Å². The summed E-state index contributed by atoms with van der Waals surface area (Å²) in [6, 6.07) is 15.4. The lowest BCUT2D eigenvalue weighted by Crippen LogP contribution is -2.43. The van der Waals surface area contributed by atoms with Crippen LogP contribution in [0.15, 0.2) is 48.5 Å². The van der Waals surface area contributed by atoms with Gasteiger partial charge in [0.1, 0.15) is 17.5 Å². The lowest BCUT2D eigenvalue weighted by Gasteiger charge is -2.22. The van der Waals surface area contributed by atoms with Gasteiger partial charge in [0.15, 0.2) is 0 Å². The molecule has 1 heterocycles. The molecule has 2 N–H and O–H groups in total. The minimum absolute atomic E-state index is 0.0817. The van der Waals surface area contributed by atoms with E-state index in [-0.39, 0.29) is 11.8 Å². The first kappa shape index (κ1) is 25.3. The largest absolute Gasteiger partial charge is 0.480 e. The number of rotatable bonds is 7. The number of nitrogens with zero attached hydrogens (tertiary/aromatic N) is 2. The number of amides is 1. The number of para-hydroxylation sites is 2. The molecular formula is C27H35N3O4. The normalized spacial score (nSPS) is 13.0. The molecule has 0 aliphatic rings. The Morgan fingerprint density at radius 3 is 2.26 bits per heavy atom. The molecule has 0 unspecified atom stereocenters. The van der Waals surface area contributed by atoms with E-state index in [2.05, 4.69) is 54.9 Å². The van der Waals surface area contributed by atoms with E-state index in [1.807, 2.05) is 24.3 Å². The van der Waals surface area contributed by atoms with Gasteiger partial charge in [-0.3, -0.25) is 0 Å². The zero-order valence-electron chi connectivity index (χ0n) is 20.9. The van der Waals surface area contributed by atoms with E-state index in [1.165, 1.54) is 5.56 Å². The molecule has 182 valence electrons. The zero-order valence-corrected chi connectivity index (χ0v) is 20.9. The average molecular weight is 466 g/mol. The molecule has 0 aliphatic heterocycles. The summed E-state index contributed by atoms with van der Waals surface area (Å²) in [7, 11) is 0. The smallest absolute Gasteiger partial charge is 0.408 e. The second kappa shape index (κ2) is 9.87.